The van der Waals surface area contributed by atoms with Gasteiger partial charge >= 0.3 is 12.1 Å². The minimum Gasteiger partial charge on any atom is -0.465 e. The van der Waals surface area contributed by atoms with Crippen molar-refractivity contribution in [2.75, 3.05) is 31.6 Å². The van der Waals surface area contributed by atoms with Gasteiger partial charge in [0, 0.05) is 43.2 Å². The van der Waals surface area contributed by atoms with Crippen LogP contribution in [0.1, 0.15) is 34.3 Å². The molecular formula is C23H26BClN2O4. The second kappa shape index (κ2) is 8.56. The summed E-state index contributed by atoms with van der Waals surface area (Å²) in [5.74, 6) is -0.399. The Balaban J connectivity index is 1.39. The zero-order valence-corrected chi connectivity index (χ0v) is 18.9. The predicted octanol–water partition coefficient (Wildman–Crippen LogP) is 2.68. The monoisotopic (exact) mass is 440 g/mol. The molecule has 0 saturated carbocycles. The van der Waals surface area contributed by atoms with Crippen molar-refractivity contribution in [3.63, 3.8) is 0 Å². The normalized spacial score (nSPS) is 18.3. The number of hydrogen-bond acceptors (Lipinski definition) is 5. The first kappa shape index (κ1) is 21.7. The summed E-state index contributed by atoms with van der Waals surface area (Å²) in [5, 5.41) is 0.807. The minimum atomic E-state index is -0.463. The molecule has 31 heavy (non-hydrogen) atoms. The number of piperidine rings is 1. The van der Waals surface area contributed by atoms with Crippen molar-refractivity contribution in [3.8, 4) is 0 Å². The topological polar surface area (TPSA) is 59.1 Å². The zero-order valence-electron chi connectivity index (χ0n) is 18.1. The van der Waals surface area contributed by atoms with Crippen molar-refractivity contribution in [2.45, 2.75) is 31.9 Å². The summed E-state index contributed by atoms with van der Waals surface area (Å²) in [5.41, 5.74) is 4.25. The molecule has 2 saturated heterocycles. The van der Waals surface area contributed by atoms with E-state index in [1.807, 2.05) is 13.0 Å². The molecule has 0 bridgehead atoms. The van der Waals surface area contributed by atoms with E-state index >= 15 is 0 Å². The second-order valence-electron chi connectivity index (χ2n) is 8.47. The van der Waals surface area contributed by atoms with Crippen LogP contribution in [0.15, 0.2) is 36.4 Å². The Morgan fingerprint density at radius 2 is 1.90 bits per heavy atom. The summed E-state index contributed by atoms with van der Waals surface area (Å²) in [6.07, 6.45) is 1.24. The summed E-state index contributed by atoms with van der Waals surface area (Å²) in [7, 11) is 3.43. The van der Waals surface area contributed by atoms with E-state index in [-0.39, 0.29) is 6.09 Å². The number of amides is 1. The number of anilines is 1. The second-order valence-corrected chi connectivity index (χ2v) is 8.88. The third-order valence-corrected chi connectivity index (χ3v) is 6.80. The fourth-order valence-corrected chi connectivity index (χ4v) is 4.62. The number of ether oxygens (including phenoxy) is 2. The number of likely N-dealkylation sites (tertiary alicyclic amines) is 1. The Hall–Kier alpha value is -2.51. The highest BCUT2D eigenvalue weighted by molar-refractivity contribution is 6.37. The van der Waals surface area contributed by atoms with E-state index in [9.17, 15) is 9.59 Å². The SMILES string of the molecule is Bc1cc(CN2CCC3(CC2)CN(c2ccc(C(=O)OC)cc2)C(=O)O3)cc(Cl)c1C. The van der Waals surface area contributed by atoms with Gasteiger partial charge in [-0.05, 0) is 48.4 Å². The fraction of sp³-hybridized carbons (Fsp3) is 0.391. The molecule has 2 fully saturated rings. The lowest BCUT2D eigenvalue weighted by molar-refractivity contribution is -0.000974. The Morgan fingerprint density at radius 3 is 2.52 bits per heavy atom. The van der Waals surface area contributed by atoms with Crippen molar-refractivity contribution in [3.05, 3.63) is 58.1 Å². The molecule has 1 amide bonds. The van der Waals surface area contributed by atoms with Gasteiger partial charge in [0.15, 0.2) is 0 Å². The number of esters is 1. The molecule has 4 rings (SSSR count). The maximum atomic E-state index is 12.6. The van der Waals surface area contributed by atoms with Gasteiger partial charge in [0.05, 0.1) is 19.2 Å². The lowest BCUT2D eigenvalue weighted by Crippen LogP contribution is -2.46. The number of benzene rings is 2. The van der Waals surface area contributed by atoms with Crippen LogP contribution in [0.4, 0.5) is 10.5 Å². The molecule has 0 atom stereocenters. The molecule has 0 radical (unpaired) electrons. The van der Waals surface area contributed by atoms with Gasteiger partial charge < -0.3 is 9.47 Å². The summed E-state index contributed by atoms with van der Waals surface area (Å²) in [4.78, 5) is 28.2. The van der Waals surface area contributed by atoms with Crippen LogP contribution in [0.2, 0.25) is 5.02 Å². The third kappa shape index (κ3) is 4.43. The van der Waals surface area contributed by atoms with Gasteiger partial charge in [-0.15, -0.1) is 0 Å². The quantitative estimate of drug-likeness (QED) is 0.540. The Labute approximate surface area is 188 Å². The molecule has 0 aromatic heterocycles. The third-order valence-electron chi connectivity index (χ3n) is 6.41. The summed E-state index contributed by atoms with van der Waals surface area (Å²) in [6, 6.07) is 11.1. The fourth-order valence-electron chi connectivity index (χ4n) is 4.33. The van der Waals surface area contributed by atoms with Gasteiger partial charge in [-0.2, -0.15) is 0 Å². The molecule has 0 N–H and O–H groups in total. The lowest BCUT2D eigenvalue weighted by atomic mass is 9.88. The molecule has 2 aliphatic heterocycles. The van der Waals surface area contributed by atoms with Gasteiger partial charge in [-0.1, -0.05) is 23.1 Å². The lowest BCUT2D eigenvalue weighted by Gasteiger charge is -2.37. The average Bonchev–Trinajstić information content (AvgIpc) is 3.09. The van der Waals surface area contributed by atoms with Gasteiger partial charge in [0.1, 0.15) is 13.4 Å². The van der Waals surface area contributed by atoms with E-state index in [1.54, 1.807) is 29.2 Å². The summed E-state index contributed by atoms with van der Waals surface area (Å²) >= 11 is 6.35. The van der Waals surface area contributed by atoms with Crippen LogP contribution in [0.5, 0.6) is 0 Å². The first-order chi connectivity index (χ1) is 14.8. The first-order valence-corrected chi connectivity index (χ1v) is 10.8. The molecule has 162 valence electrons. The van der Waals surface area contributed by atoms with Gasteiger partial charge in [0.2, 0.25) is 0 Å². The van der Waals surface area contributed by atoms with Gasteiger partial charge in [-0.3, -0.25) is 9.80 Å². The van der Waals surface area contributed by atoms with Crippen LogP contribution in [-0.4, -0.2) is 57.2 Å². The number of rotatable bonds is 4. The van der Waals surface area contributed by atoms with E-state index in [2.05, 4.69) is 18.8 Å². The predicted molar refractivity (Wildman–Crippen MR) is 123 cm³/mol. The number of carbonyl (C=O) groups excluding carboxylic acids is 2. The zero-order chi connectivity index (χ0) is 22.2. The molecule has 2 aromatic rings. The van der Waals surface area contributed by atoms with E-state index in [4.69, 9.17) is 21.1 Å². The van der Waals surface area contributed by atoms with Crippen molar-refractivity contribution in [1.29, 1.82) is 0 Å². The number of hydrogen-bond donors (Lipinski definition) is 0. The van der Waals surface area contributed by atoms with E-state index in [0.29, 0.717) is 12.1 Å². The highest BCUT2D eigenvalue weighted by atomic mass is 35.5. The first-order valence-electron chi connectivity index (χ1n) is 10.5. The molecule has 1 spiro atoms. The smallest absolute Gasteiger partial charge is 0.415 e. The molecule has 2 heterocycles. The Bertz CT molecular complexity index is 980. The molecule has 6 nitrogen and oxygen atoms in total. The largest absolute Gasteiger partial charge is 0.465 e. The highest BCUT2D eigenvalue weighted by Gasteiger charge is 2.47. The average molecular weight is 441 g/mol. The number of carbonyl (C=O) groups is 2. The molecule has 8 heteroatoms. The molecular weight excluding hydrogens is 415 g/mol. The van der Waals surface area contributed by atoms with E-state index < -0.39 is 11.6 Å². The van der Waals surface area contributed by atoms with E-state index in [1.165, 1.54) is 18.1 Å². The highest BCUT2D eigenvalue weighted by Crippen LogP contribution is 2.36. The van der Waals surface area contributed by atoms with Crippen molar-refractivity contribution < 1.29 is 19.1 Å². The van der Waals surface area contributed by atoms with E-state index in [0.717, 1.165) is 48.7 Å². The maximum Gasteiger partial charge on any atom is 0.415 e. The number of methoxy groups -OCH3 is 1. The van der Waals surface area contributed by atoms with Crippen molar-refractivity contribution >= 4 is 42.7 Å². The summed E-state index contributed by atoms with van der Waals surface area (Å²) < 4.78 is 10.6. The molecule has 0 aliphatic carbocycles. The Kier molecular flexibility index (Phi) is 5.99. The minimum absolute atomic E-state index is 0.333. The van der Waals surface area contributed by atoms with Crippen LogP contribution in [0, 0.1) is 6.92 Å². The maximum absolute atomic E-state index is 12.6. The van der Waals surface area contributed by atoms with Crippen LogP contribution in [-0.2, 0) is 16.0 Å². The molecule has 2 aromatic carbocycles. The van der Waals surface area contributed by atoms with Crippen LogP contribution in [0.25, 0.3) is 0 Å². The summed E-state index contributed by atoms with van der Waals surface area (Å²) in [6.45, 7) is 5.10. The van der Waals surface area contributed by atoms with Crippen LogP contribution < -0.4 is 10.4 Å². The molecule has 2 aliphatic rings. The van der Waals surface area contributed by atoms with Gasteiger partial charge in [0.25, 0.3) is 0 Å². The van der Waals surface area contributed by atoms with Crippen LogP contribution in [0.3, 0.4) is 0 Å². The number of nitrogens with zero attached hydrogens (tertiary/aromatic N) is 2. The van der Waals surface area contributed by atoms with Gasteiger partial charge in [-0.25, -0.2) is 9.59 Å². The van der Waals surface area contributed by atoms with Crippen LogP contribution >= 0.6 is 11.6 Å². The Morgan fingerprint density at radius 1 is 1.23 bits per heavy atom. The van der Waals surface area contributed by atoms with Crippen molar-refractivity contribution in [2.24, 2.45) is 0 Å². The molecule has 0 unspecified atom stereocenters. The number of halogens is 1. The standard InChI is InChI=1S/C23H26BClN2O4/c1-15-19(24)11-16(12-20(15)25)13-26-9-7-23(8-10-26)14-27(22(29)31-23)18-5-3-17(4-6-18)21(28)30-2/h3-6,11-12H,7-10,13-14,24H2,1-2H3. The van der Waals surface area contributed by atoms with Crippen molar-refractivity contribution in [1.82, 2.24) is 4.90 Å².